The van der Waals surface area contributed by atoms with Crippen LogP contribution in [0.5, 0.6) is 0 Å². The number of allylic oxidation sites excluding steroid dienone is 1. The maximum Gasteiger partial charge on any atom is 0.234 e. The van der Waals surface area contributed by atoms with E-state index in [-0.39, 0.29) is 0 Å². The predicted molar refractivity (Wildman–Crippen MR) is 77.5 cm³/mol. The quantitative estimate of drug-likeness (QED) is 0.665. The van der Waals surface area contributed by atoms with Crippen LogP contribution in [0.25, 0.3) is 16.9 Å². The van der Waals surface area contributed by atoms with Gasteiger partial charge in [-0.1, -0.05) is 18.2 Å². The summed E-state index contributed by atoms with van der Waals surface area (Å²) in [6.07, 6.45) is 6.23. The third kappa shape index (κ3) is 1.93. The molecule has 3 rings (SSSR count). The molecule has 1 aromatic carbocycles. The third-order valence-corrected chi connectivity index (χ3v) is 3.25. The molecular formula is C16H15N3. The van der Waals surface area contributed by atoms with E-state index in [9.17, 15) is 0 Å². The van der Waals surface area contributed by atoms with E-state index < -0.39 is 0 Å². The Morgan fingerprint density at radius 3 is 2.74 bits per heavy atom. The highest BCUT2D eigenvalue weighted by atomic mass is 15.1. The van der Waals surface area contributed by atoms with Crippen LogP contribution in [-0.2, 0) is 6.42 Å². The van der Waals surface area contributed by atoms with Crippen molar-refractivity contribution in [3.05, 3.63) is 66.6 Å². The number of fused-ring (bicyclic) bond motifs is 1. The molecule has 0 aliphatic rings. The molecule has 94 valence electrons. The zero-order valence-electron chi connectivity index (χ0n) is 10.9. The lowest BCUT2D eigenvalue weighted by Crippen LogP contribution is -2.03. The van der Waals surface area contributed by atoms with Crippen molar-refractivity contribution >= 4 is 10.9 Å². The van der Waals surface area contributed by atoms with E-state index >= 15 is 0 Å². The monoisotopic (exact) mass is 249 g/mol. The molecule has 0 N–H and O–H groups in total. The van der Waals surface area contributed by atoms with Crippen LogP contribution >= 0.6 is 0 Å². The van der Waals surface area contributed by atoms with Gasteiger partial charge in [0.25, 0.3) is 0 Å². The Kier molecular flexibility index (Phi) is 2.88. The molecule has 2 heterocycles. The Labute approximate surface area is 112 Å². The Hall–Kier alpha value is -2.42. The first-order valence-electron chi connectivity index (χ1n) is 6.29. The van der Waals surface area contributed by atoms with Gasteiger partial charge in [0.2, 0.25) is 5.95 Å². The molecule has 0 spiro atoms. The molecule has 0 radical (unpaired) electrons. The molecule has 3 heteroatoms. The molecule has 0 atom stereocenters. The Morgan fingerprint density at radius 2 is 2.00 bits per heavy atom. The summed E-state index contributed by atoms with van der Waals surface area (Å²) in [5.74, 6) is 0.708. The zero-order valence-corrected chi connectivity index (χ0v) is 10.9. The maximum absolute atomic E-state index is 4.36. The summed E-state index contributed by atoms with van der Waals surface area (Å²) in [4.78, 5) is 8.72. The first-order valence-corrected chi connectivity index (χ1v) is 6.29. The summed E-state index contributed by atoms with van der Waals surface area (Å²) >= 11 is 0. The standard InChI is InChI=1S/C16H15N3/c1-3-6-13-11-14-12(2)7-4-8-15(14)19(13)16-17-9-5-10-18-16/h3-5,7-11H,1,6H2,2H3. The minimum atomic E-state index is 0.708. The number of benzene rings is 1. The van der Waals surface area contributed by atoms with Gasteiger partial charge in [-0.05, 0) is 30.7 Å². The van der Waals surface area contributed by atoms with Gasteiger partial charge in [-0.15, -0.1) is 6.58 Å². The van der Waals surface area contributed by atoms with E-state index in [0.717, 1.165) is 17.6 Å². The molecule has 3 nitrogen and oxygen atoms in total. The van der Waals surface area contributed by atoms with Crippen molar-refractivity contribution in [1.29, 1.82) is 0 Å². The SMILES string of the molecule is C=CCc1cc2c(C)cccc2n1-c1ncccn1. The van der Waals surface area contributed by atoms with Gasteiger partial charge in [0.15, 0.2) is 0 Å². The maximum atomic E-state index is 4.36. The number of hydrogen-bond acceptors (Lipinski definition) is 2. The van der Waals surface area contributed by atoms with Crippen molar-refractivity contribution in [3.63, 3.8) is 0 Å². The summed E-state index contributed by atoms with van der Waals surface area (Å²) in [6, 6.07) is 10.3. The first kappa shape index (κ1) is 11.7. The van der Waals surface area contributed by atoms with Crippen molar-refractivity contribution in [3.8, 4) is 5.95 Å². The fourth-order valence-electron chi connectivity index (χ4n) is 2.37. The second kappa shape index (κ2) is 4.69. The van der Waals surface area contributed by atoms with Crippen molar-refractivity contribution in [1.82, 2.24) is 14.5 Å². The molecule has 19 heavy (non-hydrogen) atoms. The first-order chi connectivity index (χ1) is 9.31. The van der Waals surface area contributed by atoms with E-state index in [0.29, 0.717) is 5.95 Å². The topological polar surface area (TPSA) is 30.7 Å². The van der Waals surface area contributed by atoms with Crippen LogP contribution in [0.4, 0.5) is 0 Å². The molecular weight excluding hydrogens is 234 g/mol. The van der Waals surface area contributed by atoms with Crippen LogP contribution in [0.15, 0.2) is 55.4 Å². The summed E-state index contributed by atoms with van der Waals surface area (Å²) in [7, 11) is 0. The zero-order chi connectivity index (χ0) is 13.2. The lowest BCUT2D eigenvalue weighted by atomic mass is 10.1. The smallest absolute Gasteiger partial charge is 0.234 e. The molecule has 0 aliphatic heterocycles. The van der Waals surface area contributed by atoms with Gasteiger partial charge < -0.3 is 0 Å². The van der Waals surface area contributed by atoms with Crippen LogP contribution in [0.2, 0.25) is 0 Å². The van der Waals surface area contributed by atoms with Crippen molar-refractivity contribution in [2.24, 2.45) is 0 Å². The largest absolute Gasteiger partial charge is 0.282 e. The van der Waals surface area contributed by atoms with E-state index in [1.54, 1.807) is 12.4 Å². The molecule has 0 saturated carbocycles. The van der Waals surface area contributed by atoms with Crippen LogP contribution < -0.4 is 0 Å². The molecule has 0 fully saturated rings. The third-order valence-electron chi connectivity index (χ3n) is 3.25. The van der Waals surface area contributed by atoms with Crippen LogP contribution in [-0.4, -0.2) is 14.5 Å². The lowest BCUT2D eigenvalue weighted by Gasteiger charge is -2.07. The Bertz CT molecular complexity index is 726. The summed E-state index contributed by atoms with van der Waals surface area (Å²) < 4.78 is 2.10. The van der Waals surface area contributed by atoms with Crippen LogP contribution in [0.1, 0.15) is 11.3 Å². The van der Waals surface area contributed by atoms with E-state index in [2.05, 4.69) is 52.3 Å². The molecule has 3 aromatic rings. The number of hydrogen-bond donors (Lipinski definition) is 0. The second-order valence-electron chi connectivity index (χ2n) is 4.52. The molecule has 0 unspecified atom stereocenters. The average Bonchev–Trinajstić information content (AvgIpc) is 2.80. The van der Waals surface area contributed by atoms with Gasteiger partial charge in [-0.3, -0.25) is 4.57 Å². The summed E-state index contributed by atoms with van der Waals surface area (Å²) in [6.45, 7) is 5.95. The fraction of sp³-hybridized carbons (Fsp3) is 0.125. The Balaban J connectivity index is 2.34. The second-order valence-corrected chi connectivity index (χ2v) is 4.52. The number of rotatable bonds is 3. The van der Waals surface area contributed by atoms with E-state index in [1.165, 1.54) is 10.9 Å². The highest BCUT2D eigenvalue weighted by molar-refractivity contribution is 5.85. The minimum absolute atomic E-state index is 0.708. The van der Waals surface area contributed by atoms with Crippen LogP contribution in [0.3, 0.4) is 0 Å². The van der Waals surface area contributed by atoms with E-state index in [4.69, 9.17) is 0 Å². The highest BCUT2D eigenvalue weighted by Gasteiger charge is 2.12. The van der Waals surface area contributed by atoms with Gasteiger partial charge in [-0.25, -0.2) is 9.97 Å². The van der Waals surface area contributed by atoms with Gasteiger partial charge in [0.05, 0.1) is 5.52 Å². The molecule has 0 bridgehead atoms. The fourth-order valence-corrected chi connectivity index (χ4v) is 2.37. The predicted octanol–water partition coefficient (Wildman–Crippen LogP) is 3.46. The van der Waals surface area contributed by atoms with Crippen LogP contribution in [0, 0.1) is 6.92 Å². The van der Waals surface area contributed by atoms with Gasteiger partial charge in [0.1, 0.15) is 0 Å². The van der Waals surface area contributed by atoms with E-state index in [1.807, 2.05) is 12.1 Å². The molecule has 0 saturated heterocycles. The lowest BCUT2D eigenvalue weighted by molar-refractivity contribution is 0.907. The average molecular weight is 249 g/mol. The molecule has 2 aromatic heterocycles. The van der Waals surface area contributed by atoms with Gasteiger partial charge in [-0.2, -0.15) is 0 Å². The van der Waals surface area contributed by atoms with Gasteiger partial charge >= 0.3 is 0 Å². The number of aromatic nitrogens is 3. The van der Waals surface area contributed by atoms with Gasteiger partial charge in [0, 0.05) is 29.9 Å². The minimum Gasteiger partial charge on any atom is -0.282 e. The molecule has 0 amide bonds. The molecule has 0 aliphatic carbocycles. The normalized spacial score (nSPS) is 10.8. The summed E-state index contributed by atoms with van der Waals surface area (Å²) in [5, 5.41) is 1.24. The number of nitrogens with zero attached hydrogens (tertiary/aromatic N) is 3. The Morgan fingerprint density at radius 1 is 1.21 bits per heavy atom. The van der Waals surface area contributed by atoms with Crippen molar-refractivity contribution in [2.45, 2.75) is 13.3 Å². The van der Waals surface area contributed by atoms with Crippen molar-refractivity contribution < 1.29 is 0 Å². The van der Waals surface area contributed by atoms with Crippen molar-refractivity contribution in [2.75, 3.05) is 0 Å². The number of aryl methyl sites for hydroxylation is 1. The summed E-state index contributed by atoms with van der Waals surface area (Å²) in [5.41, 5.74) is 3.56. The highest BCUT2D eigenvalue weighted by Crippen LogP contribution is 2.25.